The minimum atomic E-state index is -0.483. The van der Waals surface area contributed by atoms with E-state index >= 15 is 0 Å². The highest BCUT2D eigenvalue weighted by Crippen LogP contribution is 2.28. The van der Waals surface area contributed by atoms with Gasteiger partial charge in [-0.1, -0.05) is 6.07 Å². The largest absolute Gasteiger partial charge is 0.490 e. The third kappa shape index (κ3) is 4.95. The summed E-state index contributed by atoms with van der Waals surface area (Å²) in [5, 5.41) is 13.7. The first-order valence-corrected chi connectivity index (χ1v) is 8.26. The molecule has 8 heteroatoms. The molecule has 1 N–H and O–H groups in total. The van der Waals surface area contributed by atoms with Crippen LogP contribution in [0.1, 0.15) is 11.1 Å². The van der Waals surface area contributed by atoms with Gasteiger partial charge in [0.15, 0.2) is 5.75 Å². The van der Waals surface area contributed by atoms with E-state index in [4.69, 9.17) is 4.74 Å². The summed E-state index contributed by atoms with van der Waals surface area (Å²) in [5.41, 5.74) is 1.69. The molecule has 2 aromatic rings. The molecule has 0 saturated carbocycles. The smallest absolute Gasteiger partial charge is 0.311 e. The summed E-state index contributed by atoms with van der Waals surface area (Å²) in [6, 6.07) is 8.41. The van der Waals surface area contributed by atoms with E-state index in [1.165, 1.54) is 24.9 Å². The Hall–Kier alpha value is -2.61. The lowest BCUT2D eigenvalue weighted by molar-refractivity contribution is -0.385. The van der Waals surface area contributed by atoms with Crippen molar-refractivity contribution >= 4 is 29.2 Å². The van der Waals surface area contributed by atoms with Crippen molar-refractivity contribution in [3.63, 3.8) is 0 Å². The summed E-state index contributed by atoms with van der Waals surface area (Å²) in [6.07, 6.45) is 1.63. The van der Waals surface area contributed by atoms with Gasteiger partial charge in [0.05, 0.1) is 17.8 Å². The fourth-order valence-corrected chi connectivity index (χ4v) is 2.79. The third-order valence-electron chi connectivity index (χ3n) is 3.12. The molecule has 1 heterocycles. The van der Waals surface area contributed by atoms with Gasteiger partial charge >= 0.3 is 5.69 Å². The number of hydrogen-bond acceptors (Lipinski definition) is 6. The van der Waals surface area contributed by atoms with E-state index in [1.807, 2.05) is 13.0 Å². The summed E-state index contributed by atoms with van der Waals surface area (Å²) in [6.45, 7) is 1.92. The highest BCUT2D eigenvalue weighted by atomic mass is 32.2. The minimum absolute atomic E-state index is 0.0796. The Labute approximate surface area is 143 Å². The minimum Gasteiger partial charge on any atom is -0.490 e. The molecule has 0 unspecified atom stereocenters. The van der Waals surface area contributed by atoms with E-state index < -0.39 is 4.92 Å². The van der Waals surface area contributed by atoms with Gasteiger partial charge in [0.25, 0.3) is 0 Å². The number of nitro groups is 1. The van der Waals surface area contributed by atoms with Gasteiger partial charge < -0.3 is 10.1 Å². The molecule has 1 amide bonds. The summed E-state index contributed by atoms with van der Waals surface area (Å²) in [7, 11) is 1.39. The number of rotatable bonds is 7. The zero-order valence-corrected chi connectivity index (χ0v) is 14.1. The number of hydrogen-bond donors (Lipinski definition) is 1. The van der Waals surface area contributed by atoms with Crippen molar-refractivity contribution in [1.82, 2.24) is 4.98 Å². The molecule has 7 nitrogen and oxygen atoms in total. The van der Waals surface area contributed by atoms with E-state index in [9.17, 15) is 14.9 Å². The molecule has 1 aromatic heterocycles. The number of nitrogens with one attached hydrogen (secondary N) is 1. The number of benzene rings is 1. The maximum Gasteiger partial charge on any atom is 0.311 e. The number of carbonyl (C=O) groups is 1. The lowest BCUT2D eigenvalue weighted by Crippen LogP contribution is -2.15. The van der Waals surface area contributed by atoms with Gasteiger partial charge in [-0.2, -0.15) is 0 Å². The highest BCUT2D eigenvalue weighted by Gasteiger charge is 2.15. The van der Waals surface area contributed by atoms with Gasteiger partial charge in [0, 0.05) is 18.0 Å². The van der Waals surface area contributed by atoms with Crippen molar-refractivity contribution in [2.45, 2.75) is 12.7 Å². The number of aromatic nitrogens is 1. The monoisotopic (exact) mass is 347 g/mol. The van der Waals surface area contributed by atoms with Crippen LogP contribution in [0.25, 0.3) is 0 Å². The van der Waals surface area contributed by atoms with Gasteiger partial charge in [-0.15, -0.1) is 11.8 Å². The second kappa shape index (κ2) is 8.30. The Morgan fingerprint density at radius 2 is 2.17 bits per heavy atom. The fourth-order valence-electron chi connectivity index (χ4n) is 2.01. The van der Waals surface area contributed by atoms with E-state index in [-0.39, 0.29) is 23.1 Å². The van der Waals surface area contributed by atoms with Crippen LogP contribution in [-0.2, 0) is 10.5 Å². The molecule has 0 fully saturated rings. The van der Waals surface area contributed by atoms with Gasteiger partial charge in [0.1, 0.15) is 5.82 Å². The van der Waals surface area contributed by atoms with Crippen LogP contribution in [0.5, 0.6) is 5.75 Å². The normalized spacial score (nSPS) is 10.2. The Balaban J connectivity index is 1.88. The summed E-state index contributed by atoms with van der Waals surface area (Å²) in [5.74, 6) is 1.29. The van der Waals surface area contributed by atoms with Crippen molar-refractivity contribution in [2.75, 3.05) is 18.2 Å². The SMILES string of the molecule is COc1ccc(CSCC(=O)Nc2cc(C)ccn2)cc1[N+](=O)[O-]. The van der Waals surface area contributed by atoms with Crippen LogP contribution in [0.2, 0.25) is 0 Å². The second-order valence-electron chi connectivity index (χ2n) is 5.02. The van der Waals surface area contributed by atoms with Crippen molar-refractivity contribution in [3.05, 3.63) is 57.8 Å². The van der Waals surface area contributed by atoms with E-state index in [1.54, 1.807) is 24.4 Å². The zero-order valence-electron chi connectivity index (χ0n) is 13.3. The average Bonchev–Trinajstić information content (AvgIpc) is 2.54. The molecule has 24 heavy (non-hydrogen) atoms. The molecular weight excluding hydrogens is 330 g/mol. The summed E-state index contributed by atoms with van der Waals surface area (Å²) in [4.78, 5) is 26.5. The first-order valence-electron chi connectivity index (χ1n) is 7.11. The summed E-state index contributed by atoms with van der Waals surface area (Å²) >= 11 is 1.37. The molecule has 126 valence electrons. The van der Waals surface area contributed by atoms with Crippen LogP contribution in [0.15, 0.2) is 36.5 Å². The van der Waals surface area contributed by atoms with Crippen molar-refractivity contribution in [2.24, 2.45) is 0 Å². The first kappa shape index (κ1) is 17.7. The molecule has 0 radical (unpaired) electrons. The Morgan fingerprint density at radius 1 is 1.38 bits per heavy atom. The lowest BCUT2D eigenvalue weighted by atomic mass is 10.2. The number of anilines is 1. The fraction of sp³-hybridized carbons (Fsp3) is 0.250. The number of ether oxygens (including phenoxy) is 1. The molecule has 0 spiro atoms. The Kier molecular flexibility index (Phi) is 6.14. The van der Waals surface area contributed by atoms with E-state index in [2.05, 4.69) is 10.3 Å². The number of amides is 1. The molecule has 0 saturated heterocycles. The van der Waals surface area contributed by atoms with Gasteiger partial charge in [-0.25, -0.2) is 4.98 Å². The van der Waals surface area contributed by atoms with E-state index in [0.717, 1.165) is 11.1 Å². The molecule has 0 atom stereocenters. The maximum atomic E-state index is 11.9. The average molecular weight is 347 g/mol. The highest BCUT2D eigenvalue weighted by molar-refractivity contribution is 7.99. The quantitative estimate of drug-likeness (QED) is 0.610. The first-order chi connectivity index (χ1) is 11.5. The van der Waals surface area contributed by atoms with Crippen molar-refractivity contribution < 1.29 is 14.5 Å². The molecule has 1 aromatic carbocycles. The molecule has 0 aliphatic rings. The van der Waals surface area contributed by atoms with Crippen LogP contribution >= 0.6 is 11.8 Å². The lowest BCUT2D eigenvalue weighted by Gasteiger charge is -2.06. The van der Waals surface area contributed by atoms with Crippen LogP contribution < -0.4 is 10.1 Å². The predicted molar refractivity (Wildman–Crippen MR) is 93.4 cm³/mol. The number of methoxy groups -OCH3 is 1. The second-order valence-corrected chi connectivity index (χ2v) is 6.01. The van der Waals surface area contributed by atoms with Crippen LogP contribution in [0, 0.1) is 17.0 Å². The number of thioether (sulfide) groups is 1. The molecule has 0 aliphatic carbocycles. The number of aryl methyl sites for hydroxylation is 1. The number of nitrogens with zero attached hydrogens (tertiary/aromatic N) is 2. The molecular formula is C16H17N3O4S. The van der Waals surface area contributed by atoms with E-state index in [0.29, 0.717) is 11.6 Å². The predicted octanol–water partition coefficient (Wildman–Crippen LogP) is 3.18. The molecule has 0 aliphatic heterocycles. The topological polar surface area (TPSA) is 94.4 Å². The summed E-state index contributed by atoms with van der Waals surface area (Å²) < 4.78 is 4.96. The molecule has 2 rings (SSSR count). The van der Waals surface area contributed by atoms with Gasteiger partial charge in [0.2, 0.25) is 5.91 Å². The third-order valence-corrected chi connectivity index (χ3v) is 4.13. The number of pyridine rings is 1. The maximum absolute atomic E-state index is 11.9. The molecule has 0 bridgehead atoms. The standard InChI is InChI=1S/C16H17N3O4S/c1-11-5-6-17-15(7-11)18-16(20)10-24-9-12-3-4-14(23-2)13(8-12)19(21)22/h3-8H,9-10H2,1-2H3,(H,17,18,20). The Bertz CT molecular complexity index is 752. The number of carbonyl (C=O) groups excluding carboxylic acids is 1. The van der Waals surface area contributed by atoms with Crippen LogP contribution in [0.4, 0.5) is 11.5 Å². The van der Waals surface area contributed by atoms with Crippen LogP contribution in [-0.4, -0.2) is 28.7 Å². The van der Waals surface area contributed by atoms with Crippen molar-refractivity contribution in [1.29, 1.82) is 0 Å². The van der Waals surface area contributed by atoms with Crippen molar-refractivity contribution in [3.8, 4) is 5.75 Å². The van der Waals surface area contributed by atoms with Crippen LogP contribution in [0.3, 0.4) is 0 Å². The van der Waals surface area contributed by atoms with Gasteiger partial charge in [-0.3, -0.25) is 14.9 Å². The zero-order chi connectivity index (χ0) is 17.5. The number of nitro benzene ring substituents is 1. The van der Waals surface area contributed by atoms with Gasteiger partial charge in [-0.05, 0) is 36.2 Å². The Morgan fingerprint density at radius 3 is 2.83 bits per heavy atom.